The van der Waals surface area contributed by atoms with Gasteiger partial charge in [-0.2, -0.15) is 0 Å². The van der Waals surface area contributed by atoms with E-state index >= 15 is 0 Å². The molecule has 66 valence electrons. The molecule has 3 N–H and O–H groups in total. The topological polar surface area (TPSA) is 55.5 Å². The summed E-state index contributed by atoms with van der Waals surface area (Å²) in [5, 5.41) is 9.93. The van der Waals surface area contributed by atoms with E-state index in [1.165, 1.54) is 0 Å². The zero-order valence-corrected chi connectivity index (χ0v) is 7.21. The predicted molar refractivity (Wildman–Crippen MR) is 43.2 cm³/mol. The van der Waals surface area contributed by atoms with Crippen molar-refractivity contribution >= 4 is 0 Å². The molecule has 11 heavy (non-hydrogen) atoms. The lowest BCUT2D eigenvalue weighted by Crippen LogP contribution is -2.40. The van der Waals surface area contributed by atoms with Crippen LogP contribution in [0.2, 0.25) is 0 Å². The van der Waals surface area contributed by atoms with Gasteiger partial charge in [-0.3, -0.25) is 0 Å². The summed E-state index contributed by atoms with van der Waals surface area (Å²) in [6.45, 7) is 4.89. The fraction of sp³-hybridized carbons (Fsp3) is 1.00. The van der Waals surface area contributed by atoms with E-state index in [0.29, 0.717) is 19.6 Å². The third kappa shape index (κ3) is 1.72. The van der Waals surface area contributed by atoms with Crippen LogP contribution in [0.5, 0.6) is 0 Å². The Labute approximate surface area is 67.5 Å². The minimum atomic E-state index is -0.672. The Morgan fingerprint density at radius 2 is 2.45 bits per heavy atom. The van der Waals surface area contributed by atoms with Crippen LogP contribution in [0.1, 0.15) is 20.3 Å². The highest BCUT2D eigenvalue weighted by Crippen LogP contribution is 2.30. The Hall–Kier alpha value is -0.120. The van der Waals surface area contributed by atoms with Gasteiger partial charge in [0, 0.05) is 6.42 Å². The second kappa shape index (κ2) is 3.09. The first-order valence-electron chi connectivity index (χ1n) is 4.12. The number of aliphatic hydroxyl groups is 1. The predicted octanol–water partition coefficient (Wildman–Crippen LogP) is 0.121. The first-order valence-corrected chi connectivity index (χ1v) is 4.12. The van der Waals surface area contributed by atoms with Crippen LogP contribution in [0.15, 0.2) is 0 Å². The molecule has 0 radical (unpaired) electrons. The van der Waals surface area contributed by atoms with Crippen molar-refractivity contribution in [1.82, 2.24) is 0 Å². The molecule has 1 fully saturated rings. The molecule has 1 heterocycles. The second-order valence-electron chi connectivity index (χ2n) is 3.57. The first-order chi connectivity index (χ1) is 5.08. The summed E-state index contributed by atoms with van der Waals surface area (Å²) < 4.78 is 5.29. The molecular weight excluding hydrogens is 142 g/mol. The van der Waals surface area contributed by atoms with Gasteiger partial charge >= 0.3 is 0 Å². The Balaban J connectivity index is 2.54. The zero-order valence-electron chi connectivity index (χ0n) is 7.21. The molecule has 1 rings (SSSR count). The minimum Gasteiger partial charge on any atom is -0.387 e. The van der Waals surface area contributed by atoms with E-state index in [2.05, 4.69) is 0 Å². The molecule has 0 aliphatic carbocycles. The van der Waals surface area contributed by atoms with Gasteiger partial charge in [-0.25, -0.2) is 0 Å². The van der Waals surface area contributed by atoms with Crippen LogP contribution in [0.3, 0.4) is 0 Å². The van der Waals surface area contributed by atoms with E-state index in [1.54, 1.807) is 0 Å². The van der Waals surface area contributed by atoms with Crippen molar-refractivity contribution in [3.05, 3.63) is 0 Å². The third-order valence-corrected chi connectivity index (χ3v) is 2.53. The number of rotatable bonds is 2. The average Bonchev–Trinajstić information content (AvgIpc) is 2.31. The summed E-state index contributed by atoms with van der Waals surface area (Å²) in [5.74, 6) is 0.132. The molecular formula is C8H17NO2. The molecule has 1 aliphatic heterocycles. The standard InChI is InChI=1S/C8H17NO2/c1-6(4-9)8(10)3-7(2)11-5-8/h6-7,10H,3-5,9H2,1-2H3. The summed E-state index contributed by atoms with van der Waals surface area (Å²) in [6.07, 6.45) is 0.889. The smallest absolute Gasteiger partial charge is 0.0942 e. The number of hydrogen-bond donors (Lipinski definition) is 2. The molecule has 0 amide bonds. The lowest BCUT2D eigenvalue weighted by atomic mass is 9.87. The molecule has 3 nitrogen and oxygen atoms in total. The highest BCUT2D eigenvalue weighted by Gasteiger charge is 2.40. The normalized spacial score (nSPS) is 40.9. The van der Waals surface area contributed by atoms with Crippen LogP contribution < -0.4 is 5.73 Å². The zero-order chi connectivity index (χ0) is 8.48. The molecule has 1 aliphatic rings. The highest BCUT2D eigenvalue weighted by atomic mass is 16.5. The van der Waals surface area contributed by atoms with Crippen LogP contribution >= 0.6 is 0 Å². The maximum atomic E-state index is 9.93. The van der Waals surface area contributed by atoms with Crippen molar-refractivity contribution in [2.45, 2.75) is 32.0 Å². The fourth-order valence-corrected chi connectivity index (χ4v) is 1.47. The summed E-state index contributed by atoms with van der Waals surface area (Å²) in [6, 6.07) is 0. The van der Waals surface area contributed by atoms with Crippen LogP contribution in [0, 0.1) is 5.92 Å². The van der Waals surface area contributed by atoms with E-state index in [4.69, 9.17) is 10.5 Å². The van der Waals surface area contributed by atoms with Crippen molar-refractivity contribution in [2.75, 3.05) is 13.2 Å². The number of hydrogen-bond acceptors (Lipinski definition) is 3. The summed E-state index contributed by atoms with van der Waals surface area (Å²) in [4.78, 5) is 0. The Kier molecular flexibility index (Phi) is 2.52. The molecule has 3 atom stereocenters. The molecule has 0 aromatic carbocycles. The molecule has 3 heteroatoms. The molecule has 0 bridgehead atoms. The second-order valence-corrected chi connectivity index (χ2v) is 3.57. The molecule has 3 unspecified atom stereocenters. The van der Waals surface area contributed by atoms with E-state index in [9.17, 15) is 5.11 Å². The molecule has 1 saturated heterocycles. The van der Waals surface area contributed by atoms with Gasteiger partial charge in [0.25, 0.3) is 0 Å². The van der Waals surface area contributed by atoms with Gasteiger partial charge in [0.1, 0.15) is 0 Å². The quantitative estimate of drug-likeness (QED) is 0.601. The van der Waals surface area contributed by atoms with Crippen molar-refractivity contribution in [1.29, 1.82) is 0 Å². The van der Waals surface area contributed by atoms with E-state index < -0.39 is 5.60 Å². The van der Waals surface area contributed by atoms with Gasteiger partial charge in [0.15, 0.2) is 0 Å². The Bertz CT molecular complexity index is 140. The van der Waals surface area contributed by atoms with Crippen LogP contribution in [0.4, 0.5) is 0 Å². The summed E-state index contributed by atoms with van der Waals surface area (Å²) in [7, 11) is 0. The lowest BCUT2D eigenvalue weighted by molar-refractivity contribution is -0.0171. The highest BCUT2D eigenvalue weighted by molar-refractivity contribution is 4.90. The summed E-state index contributed by atoms with van der Waals surface area (Å²) in [5.41, 5.74) is 4.79. The van der Waals surface area contributed by atoms with Crippen molar-refractivity contribution in [3.63, 3.8) is 0 Å². The minimum absolute atomic E-state index is 0.132. The van der Waals surface area contributed by atoms with E-state index in [-0.39, 0.29) is 12.0 Å². The number of nitrogens with two attached hydrogens (primary N) is 1. The number of ether oxygens (including phenoxy) is 1. The SMILES string of the molecule is CC1CC(O)(C(C)CN)CO1. The van der Waals surface area contributed by atoms with Crippen molar-refractivity contribution < 1.29 is 9.84 Å². The lowest BCUT2D eigenvalue weighted by Gasteiger charge is -2.26. The maximum absolute atomic E-state index is 9.93. The van der Waals surface area contributed by atoms with Gasteiger partial charge < -0.3 is 15.6 Å². The third-order valence-electron chi connectivity index (χ3n) is 2.53. The van der Waals surface area contributed by atoms with Crippen LogP contribution in [-0.2, 0) is 4.74 Å². The molecule has 0 aromatic rings. The monoisotopic (exact) mass is 159 g/mol. The van der Waals surface area contributed by atoms with Gasteiger partial charge in [0.2, 0.25) is 0 Å². The van der Waals surface area contributed by atoms with Gasteiger partial charge in [-0.05, 0) is 19.4 Å². The average molecular weight is 159 g/mol. The van der Waals surface area contributed by atoms with E-state index in [0.717, 1.165) is 0 Å². The fourth-order valence-electron chi connectivity index (χ4n) is 1.47. The summed E-state index contributed by atoms with van der Waals surface area (Å²) >= 11 is 0. The molecule has 0 saturated carbocycles. The molecule has 0 aromatic heterocycles. The first kappa shape index (κ1) is 8.97. The van der Waals surface area contributed by atoms with Crippen LogP contribution in [0.25, 0.3) is 0 Å². The van der Waals surface area contributed by atoms with Gasteiger partial charge in [-0.1, -0.05) is 6.92 Å². The molecule has 0 spiro atoms. The van der Waals surface area contributed by atoms with Crippen molar-refractivity contribution in [2.24, 2.45) is 11.7 Å². The van der Waals surface area contributed by atoms with Crippen molar-refractivity contribution in [3.8, 4) is 0 Å². The van der Waals surface area contributed by atoms with Gasteiger partial charge in [-0.15, -0.1) is 0 Å². The largest absolute Gasteiger partial charge is 0.387 e. The van der Waals surface area contributed by atoms with E-state index in [1.807, 2.05) is 13.8 Å². The Morgan fingerprint density at radius 3 is 2.82 bits per heavy atom. The maximum Gasteiger partial charge on any atom is 0.0942 e. The van der Waals surface area contributed by atoms with Gasteiger partial charge in [0.05, 0.1) is 18.3 Å². The van der Waals surface area contributed by atoms with Crippen LogP contribution in [-0.4, -0.2) is 30.0 Å². The Morgan fingerprint density at radius 1 is 1.82 bits per heavy atom.